The van der Waals surface area contributed by atoms with Crippen molar-refractivity contribution in [3.63, 3.8) is 0 Å². The zero-order chi connectivity index (χ0) is 17.2. The monoisotopic (exact) mass is 346 g/mol. The molecule has 0 radical (unpaired) electrons. The highest BCUT2D eigenvalue weighted by Gasteiger charge is 2.10. The Hall–Kier alpha value is -2.14. The van der Waals surface area contributed by atoms with Gasteiger partial charge in [-0.2, -0.15) is 12.6 Å². The van der Waals surface area contributed by atoms with E-state index >= 15 is 0 Å². The molecule has 128 valence electrons. The molecule has 0 saturated carbocycles. The predicted octanol–water partition coefficient (Wildman–Crippen LogP) is 4.20. The van der Waals surface area contributed by atoms with E-state index in [9.17, 15) is 4.79 Å². The Labute approximate surface area is 147 Å². The van der Waals surface area contributed by atoms with Crippen molar-refractivity contribution in [2.75, 3.05) is 6.61 Å². The first kappa shape index (κ1) is 18.2. The molecule has 1 atom stereocenters. The topological polar surface area (TPSA) is 55.8 Å². The van der Waals surface area contributed by atoms with Gasteiger partial charge < -0.3 is 14.6 Å². The van der Waals surface area contributed by atoms with Crippen LogP contribution < -0.4 is 9.47 Å². The molecule has 24 heavy (non-hydrogen) atoms. The standard InChI is InChI=1S/C19H22O4S/c20-19(21)18(24)11-4-5-12-22-16-9-6-10-17(13-16)23-14-15-7-2-1-3-8-15/h1-3,6-10,13,18,24H,4-5,11-12,14H2,(H,20,21). The van der Waals surface area contributed by atoms with Crippen LogP contribution in [-0.4, -0.2) is 22.9 Å². The smallest absolute Gasteiger partial charge is 0.316 e. The van der Waals surface area contributed by atoms with Crippen LogP contribution in [0.1, 0.15) is 24.8 Å². The number of unbranched alkanes of at least 4 members (excludes halogenated alkanes) is 1. The van der Waals surface area contributed by atoms with E-state index in [0.717, 1.165) is 29.9 Å². The van der Waals surface area contributed by atoms with Crippen molar-refractivity contribution >= 4 is 18.6 Å². The summed E-state index contributed by atoms with van der Waals surface area (Å²) in [6, 6.07) is 17.5. The summed E-state index contributed by atoms with van der Waals surface area (Å²) in [6.07, 6.45) is 2.10. The SMILES string of the molecule is O=C(O)C(S)CCCCOc1cccc(OCc2ccccc2)c1. The number of rotatable bonds is 10. The van der Waals surface area contributed by atoms with Crippen LogP contribution in [0.25, 0.3) is 0 Å². The second kappa shape index (κ2) is 9.88. The molecular formula is C19H22O4S. The summed E-state index contributed by atoms with van der Waals surface area (Å²) in [5.74, 6) is 0.640. The van der Waals surface area contributed by atoms with Gasteiger partial charge >= 0.3 is 5.97 Å². The highest BCUT2D eigenvalue weighted by atomic mass is 32.1. The van der Waals surface area contributed by atoms with Crippen molar-refractivity contribution in [1.29, 1.82) is 0 Å². The molecule has 0 amide bonds. The molecular weight excluding hydrogens is 324 g/mol. The first-order valence-electron chi connectivity index (χ1n) is 7.95. The van der Waals surface area contributed by atoms with Gasteiger partial charge in [0.15, 0.2) is 0 Å². The molecule has 0 saturated heterocycles. The van der Waals surface area contributed by atoms with E-state index in [1.165, 1.54) is 0 Å². The number of benzene rings is 2. The number of ether oxygens (including phenoxy) is 2. The molecule has 0 heterocycles. The third-order valence-corrected chi connectivity index (χ3v) is 3.96. The molecule has 0 aromatic heterocycles. The molecule has 0 aliphatic rings. The zero-order valence-corrected chi connectivity index (χ0v) is 14.3. The van der Waals surface area contributed by atoms with Crippen LogP contribution in [0.2, 0.25) is 0 Å². The van der Waals surface area contributed by atoms with Crippen LogP contribution >= 0.6 is 12.6 Å². The lowest BCUT2D eigenvalue weighted by Gasteiger charge is -2.10. The van der Waals surface area contributed by atoms with Crippen molar-refractivity contribution in [1.82, 2.24) is 0 Å². The van der Waals surface area contributed by atoms with E-state index in [2.05, 4.69) is 12.6 Å². The fourth-order valence-corrected chi connectivity index (χ4v) is 2.33. The van der Waals surface area contributed by atoms with Crippen LogP contribution in [0.3, 0.4) is 0 Å². The Balaban J connectivity index is 1.71. The highest BCUT2D eigenvalue weighted by Crippen LogP contribution is 2.21. The van der Waals surface area contributed by atoms with Crippen molar-refractivity contribution in [2.45, 2.75) is 31.1 Å². The average molecular weight is 346 g/mol. The molecule has 0 spiro atoms. The Morgan fingerprint density at radius 3 is 2.42 bits per heavy atom. The van der Waals surface area contributed by atoms with Gasteiger partial charge in [-0.15, -0.1) is 0 Å². The van der Waals surface area contributed by atoms with Gasteiger partial charge in [0.05, 0.1) is 11.9 Å². The number of aliphatic carboxylic acids is 1. The molecule has 1 unspecified atom stereocenters. The van der Waals surface area contributed by atoms with E-state index in [0.29, 0.717) is 19.6 Å². The summed E-state index contributed by atoms with van der Waals surface area (Å²) >= 11 is 4.01. The van der Waals surface area contributed by atoms with E-state index in [1.807, 2.05) is 54.6 Å². The molecule has 0 bridgehead atoms. The van der Waals surface area contributed by atoms with E-state index < -0.39 is 11.2 Å². The Bertz CT molecular complexity index is 630. The van der Waals surface area contributed by atoms with Gasteiger partial charge in [-0.3, -0.25) is 4.79 Å². The predicted molar refractivity (Wildman–Crippen MR) is 97.0 cm³/mol. The molecule has 2 aromatic carbocycles. The number of carboxylic acids is 1. The minimum atomic E-state index is -0.873. The van der Waals surface area contributed by atoms with Gasteiger partial charge in [-0.25, -0.2) is 0 Å². The third-order valence-electron chi connectivity index (χ3n) is 3.48. The largest absolute Gasteiger partial charge is 0.493 e. The summed E-state index contributed by atoms with van der Waals surface area (Å²) in [6.45, 7) is 1.06. The van der Waals surface area contributed by atoms with Gasteiger partial charge in [-0.1, -0.05) is 36.4 Å². The summed E-state index contributed by atoms with van der Waals surface area (Å²) in [4.78, 5) is 10.7. The second-order valence-electron chi connectivity index (χ2n) is 5.45. The highest BCUT2D eigenvalue weighted by molar-refractivity contribution is 7.81. The molecule has 5 heteroatoms. The summed E-state index contributed by atoms with van der Waals surface area (Å²) < 4.78 is 11.5. The number of hydrogen-bond donors (Lipinski definition) is 2. The Kier molecular flexibility index (Phi) is 7.49. The molecule has 0 aliphatic carbocycles. The molecule has 2 aromatic rings. The van der Waals surface area contributed by atoms with Crippen LogP contribution in [0.15, 0.2) is 54.6 Å². The molecule has 4 nitrogen and oxygen atoms in total. The Morgan fingerprint density at radius 2 is 1.71 bits per heavy atom. The average Bonchev–Trinajstić information content (AvgIpc) is 2.60. The van der Waals surface area contributed by atoms with E-state index in [4.69, 9.17) is 14.6 Å². The first-order chi connectivity index (χ1) is 11.6. The quantitative estimate of drug-likeness (QED) is 0.500. The maximum Gasteiger partial charge on any atom is 0.316 e. The lowest BCUT2D eigenvalue weighted by Crippen LogP contribution is -2.13. The summed E-state index contributed by atoms with van der Waals surface area (Å²) in [5.41, 5.74) is 1.11. The molecule has 0 aliphatic heterocycles. The van der Waals surface area contributed by atoms with E-state index in [-0.39, 0.29) is 0 Å². The fraction of sp³-hybridized carbons (Fsp3) is 0.316. The Morgan fingerprint density at radius 1 is 1.00 bits per heavy atom. The number of thiol groups is 1. The number of carbonyl (C=O) groups is 1. The van der Waals surface area contributed by atoms with Gasteiger partial charge in [-0.05, 0) is 37.0 Å². The number of hydrogen-bond acceptors (Lipinski definition) is 4. The third kappa shape index (κ3) is 6.54. The van der Waals surface area contributed by atoms with Crippen molar-refractivity contribution in [3.8, 4) is 11.5 Å². The van der Waals surface area contributed by atoms with Gasteiger partial charge in [0, 0.05) is 6.07 Å². The van der Waals surface area contributed by atoms with Crippen LogP contribution in [-0.2, 0) is 11.4 Å². The first-order valence-corrected chi connectivity index (χ1v) is 8.47. The molecule has 1 N–H and O–H groups in total. The van der Waals surface area contributed by atoms with Gasteiger partial charge in [0.25, 0.3) is 0 Å². The zero-order valence-electron chi connectivity index (χ0n) is 13.4. The lowest BCUT2D eigenvalue weighted by atomic mass is 10.2. The van der Waals surface area contributed by atoms with Crippen molar-refractivity contribution in [3.05, 3.63) is 60.2 Å². The van der Waals surface area contributed by atoms with Crippen LogP contribution in [0.5, 0.6) is 11.5 Å². The minimum absolute atomic E-state index is 0.517. The summed E-state index contributed by atoms with van der Waals surface area (Å²) in [7, 11) is 0. The minimum Gasteiger partial charge on any atom is -0.493 e. The summed E-state index contributed by atoms with van der Waals surface area (Å²) in [5, 5.41) is 8.16. The lowest BCUT2D eigenvalue weighted by molar-refractivity contribution is -0.136. The molecule has 2 rings (SSSR count). The maximum atomic E-state index is 10.7. The van der Waals surface area contributed by atoms with Crippen LogP contribution in [0.4, 0.5) is 0 Å². The van der Waals surface area contributed by atoms with Crippen molar-refractivity contribution < 1.29 is 19.4 Å². The van der Waals surface area contributed by atoms with Gasteiger partial charge in [0.1, 0.15) is 18.1 Å². The normalized spacial score (nSPS) is 11.7. The van der Waals surface area contributed by atoms with Crippen molar-refractivity contribution in [2.24, 2.45) is 0 Å². The van der Waals surface area contributed by atoms with Crippen LogP contribution in [0, 0.1) is 0 Å². The fourth-order valence-electron chi connectivity index (χ4n) is 2.15. The number of carboxylic acid groups (broad SMARTS) is 1. The molecule has 0 fully saturated rings. The maximum absolute atomic E-state index is 10.7. The van der Waals surface area contributed by atoms with E-state index in [1.54, 1.807) is 0 Å². The van der Waals surface area contributed by atoms with Gasteiger partial charge in [0.2, 0.25) is 0 Å². The second-order valence-corrected chi connectivity index (χ2v) is 6.07.